The number of nitrogens with two attached hydrogens (primary N) is 1. The highest BCUT2D eigenvalue weighted by molar-refractivity contribution is 5.96. The van der Waals surface area contributed by atoms with E-state index in [1.165, 1.54) is 0 Å². The third kappa shape index (κ3) is 3.61. The molecule has 0 unspecified atom stereocenters. The molecule has 138 valence electrons. The van der Waals surface area contributed by atoms with E-state index in [1.807, 2.05) is 54.6 Å². The van der Waals surface area contributed by atoms with Crippen LogP contribution in [0.2, 0.25) is 0 Å². The Morgan fingerprint density at radius 2 is 1.68 bits per heavy atom. The highest BCUT2D eigenvalue weighted by Gasteiger charge is 2.09. The molecule has 6 nitrogen and oxygen atoms in total. The Morgan fingerprint density at radius 3 is 2.43 bits per heavy atom. The molecule has 4 aromatic rings. The fourth-order valence-electron chi connectivity index (χ4n) is 3.12. The summed E-state index contributed by atoms with van der Waals surface area (Å²) in [4.78, 5) is 23.6. The smallest absolute Gasteiger partial charge is 0.269 e. The third-order valence-electron chi connectivity index (χ3n) is 4.49. The highest BCUT2D eigenvalue weighted by atomic mass is 16.2. The van der Waals surface area contributed by atoms with Crippen molar-refractivity contribution in [1.29, 1.82) is 0 Å². The van der Waals surface area contributed by atoms with E-state index in [4.69, 9.17) is 5.73 Å². The quantitative estimate of drug-likeness (QED) is 0.565. The number of hydrogen-bond acceptors (Lipinski definition) is 3. The summed E-state index contributed by atoms with van der Waals surface area (Å²) in [6.45, 7) is 0. The van der Waals surface area contributed by atoms with E-state index in [0.717, 1.165) is 22.0 Å². The number of benzene rings is 3. The second-order valence-corrected chi connectivity index (χ2v) is 6.42. The molecule has 2 amide bonds. The number of primary amides is 1. The van der Waals surface area contributed by atoms with Crippen molar-refractivity contribution in [2.45, 2.75) is 6.42 Å². The van der Waals surface area contributed by atoms with Crippen molar-refractivity contribution in [3.63, 3.8) is 0 Å². The van der Waals surface area contributed by atoms with Crippen molar-refractivity contribution >= 4 is 28.3 Å². The van der Waals surface area contributed by atoms with E-state index >= 15 is 0 Å². The normalized spacial score (nSPS) is 10.7. The van der Waals surface area contributed by atoms with Crippen molar-refractivity contribution in [3.8, 4) is 5.69 Å². The molecular formula is C22H18N4O2. The van der Waals surface area contributed by atoms with Crippen LogP contribution < -0.4 is 11.1 Å². The molecule has 28 heavy (non-hydrogen) atoms. The Kier molecular flexibility index (Phi) is 4.60. The van der Waals surface area contributed by atoms with Crippen LogP contribution in [0.4, 0.5) is 5.69 Å². The minimum Gasteiger partial charge on any atom is -0.364 e. The van der Waals surface area contributed by atoms with Crippen LogP contribution in [-0.4, -0.2) is 21.6 Å². The Bertz CT molecular complexity index is 1160. The minimum absolute atomic E-state index is 0.0841. The van der Waals surface area contributed by atoms with E-state index < -0.39 is 5.91 Å². The summed E-state index contributed by atoms with van der Waals surface area (Å²) in [5, 5.41) is 9.22. The largest absolute Gasteiger partial charge is 0.364 e. The van der Waals surface area contributed by atoms with Gasteiger partial charge in [0, 0.05) is 11.9 Å². The Hall–Kier alpha value is -3.93. The van der Waals surface area contributed by atoms with Gasteiger partial charge in [-0.3, -0.25) is 9.59 Å². The van der Waals surface area contributed by atoms with Crippen molar-refractivity contribution in [1.82, 2.24) is 9.78 Å². The maximum atomic E-state index is 12.5. The zero-order chi connectivity index (χ0) is 19.5. The summed E-state index contributed by atoms with van der Waals surface area (Å²) in [6.07, 6.45) is 1.96. The molecule has 0 spiro atoms. The van der Waals surface area contributed by atoms with Crippen molar-refractivity contribution in [2.75, 3.05) is 5.32 Å². The van der Waals surface area contributed by atoms with Crippen LogP contribution >= 0.6 is 0 Å². The number of rotatable bonds is 5. The molecule has 1 heterocycles. The number of aromatic nitrogens is 2. The van der Waals surface area contributed by atoms with Crippen molar-refractivity contribution in [3.05, 3.63) is 90.3 Å². The van der Waals surface area contributed by atoms with Crippen molar-refractivity contribution in [2.24, 2.45) is 5.73 Å². The van der Waals surface area contributed by atoms with Crippen LogP contribution in [0.1, 0.15) is 16.1 Å². The van der Waals surface area contributed by atoms with Gasteiger partial charge in [0.25, 0.3) is 5.91 Å². The molecule has 6 heteroatoms. The van der Waals surface area contributed by atoms with Gasteiger partial charge in [0.15, 0.2) is 0 Å². The lowest BCUT2D eigenvalue weighted by Crippen LogP contribution is -2.14. The van der Waals surface area contributed by atoms with Crippen LogP contribution in [0.25, 0.3) is 16.5 Å². The first kappa shape index (κ1) is 17.5. The lowest BCUT2D eigenvalue weighted by Gasteiger charge is -2.09. The van der Waals surface area contributed by atoms with Gasteiger partial charge in [-0.25, -0.2) is 4.68 Å². The molecule has 3 N–H and O–H groups in total. The standard InChI is InChI=1S/C22H18N4O2/c23-22(28)20-12-13-26(25-20)18-10-8-17(9-11-18)24-21(27)14-16-6-3-5-15-4-1-2-7-19(15)16/h1-13H,14H2,(H2,23,28)(H,24,27). The van der Waals surface area contributed by atoms with Crippen LogP contribution in [0.5, 0.6) is 0 Å². The van der Waals surface area contributed by atoms with Gasteiger partial charge in [-0.05, 0) is 46.7 Å². The van der Waals surface area contributed by atoms with Crippen LogP contribution in [0, 0.1) is 0 Å². The van der Waals surface area contributed by atoms with E-state index in [1.54, 1.807) is 29.1 Å². The molecule has 0 fully saturated rings. The molecule has 3 aromatic carbocycles. The number of carbonyl (C=O) groups excluding carboxylic acids is 2. The predicted molar refractivity (Wildman–Crippen MR) is 108 cm³/mol. The lowest BCUT2D eigenvalue weighted by molar-refractivity contribution is -0.115. The van der Waals surface area contributed by atoms with Gasteiger partial charge in [-0.15, -0.1) is 0 Å². The minimum atomic E-state index is -0.573. The van der Waals surface area contributed by atoms with Gasteiger partial charge in [-0.1, -0.05) is 42.5 Å². The topological polar surface area (TPSA) is 90.0 Å². The lowest BCUT2D eigenvalue weighted by atomic mass is 10.0. The van der Waals surface area contributed by atoms with Crippen LogP contribution in [0.15, 0.2) is 79.0 Å². The SMILES string of the molecule is NC(=O)c1ccn(-c2ccc(NC(=O)Cc3cccc4ccccc34)cc2)n1. The molecule has 0 atom stereocenters. The molecule has 0 aliphatic carbocycles. The van der Waals surface area contributed by atoms with Crippen LogP contribution in [0.3, 0.4) is 0 Å². The maximum Gasteiger partial charge on any atom is 0.269 e. The number of fused-ring (bicyclic) bond motifs is 1. The highest BCUT2D eigenvalue weighted by Crippen LogP contribution is 2.20. The summed E-state index contributed by atoms with van der Waals surface area (Å²) in [7, 11) is 0. The van der Waals surface area contributed by atoms with Crippen molar-refractivity contribution < 1.29 is 9.59 Å². The Morgan fingerprint density at radius 1 is 0.929 bits per heavy atom. The van der Waals surface area contributed by atoms with Gasteiger partial charge >= 0.3 is 0 Å². The van der Waals surface area contributed by atoms with Gasteiger partial charge in [0.1, 0.15) is 5.69 Å². The summed E-state index contributed by atoms with van der Waals surface area (Å²) >= 11 is 0. The number of amides is 2. The molecule has 0 radical (unpaired) electrons. The summed E-state index contributed by atoms with van der Waals surface area (Å²) in [5.74, 6) is -0.657. The van der Waals surface area contributed by atoms with E-state index in [9.17, 15) is 9.59 Å². The summed E-state index contributed by atoms with van der Waals surface area (Å²) < 4.78 is 1.56. The Balaban J connectivity index is 1.46. The summed E-state index contributed by atoms with van der Waals surface area (Å²) in [6, 6.07) is 22.8. The molecule has 0 aliphatic rings. The van der Waals surface area contributed by atoms with E-state index in [2.05, 4.69) is 10.4 Å². The maximum absolute atomic E-state index is 12.5. The number of anilines is 1. The van der Waals surface area contributed by atoms with Gasteiger partial charge < -0.3 is 11.1 Å². The first-order valence-electron chi connectivity index (χ1n) is 8.82. The number of nitrogens with one attached hydrogen (secondary N) is 1. The fourth-order valence-corrected chi connectivity index (χ4v) is 3.12. The van der Waals surface area contributed by atoms with Gasteiger partial charge in [0.05, 0.1) is 12.1 Å². The zero-order valence-electron chi connectivity index (χ0n) is 15.0. The monoisotopic (exact) mass is 370 g/mol. The number of nitrogens with zero attached hydrogens (tertiary/aromatic N) is 2. The number of hydrogen-bond donors (Lipinski definition) is 2. The first-order chi connectivity index (χ1) is 13.6. The van der Waals surface area contributed by atoms with Crippen LogP contribution in [-0.2, 0) is 11.2 Å². The predicted octanol–water partition coefficient (Wildman–Crippen LogP) is 3.31. The molecule has 0 aliphatic heterocycles. The molecule has 4 rings (SSSR count). The second kappa shape index (κ2) is 7.36. The second-order valence-electron chi connectivity index (χ2n) is 6.42. The fraction of sp³-hybridized carbons (Fsp3) is 0.0455. The van der Waals surface area contributed by atoms with E-state index in [-0.39, 0.29) is 11.6 Å². The molecule has 1 aromatic heterocycles. The molecule has 0 bridgehead atoms. The molecule has 0 saturated heterocycles. The average Bonchev–Trinajstić information content (AvgIpc) is 3.19. The van der Waals surface area contributed by atoms with Gasteiger partial charge in [-0.2, -0.15) is 5.10 Å². The van der Waals surface area contributed by atoms with E-state index in [0.29, 0.717) is 12.1 Å². The first-order valence-corrected chi connectivity index (χ1v) is 8.82. The third-order valence-corrected chi connectivity index (χ3v) is 4.49. The Labute approximate surface area is 161 Å². The van der Waals surface area contributed by atoms with Gasteiger partial charge in [0.2, 0.25) is 5.91 Å². The zero-order valence-corrected chi connectivity index (χ0v) is 15.0. The average molecular weight is 370 g/mol. The molecular weight excluding hydrogens is 352 g/mol. The summed E-state index contributed by atoms with van der Waals surface area (Å²) in [5.41, 5.74) is 7.86. The number of carbonyl (C=O) groups is 2. The molecule has 0 saturated carbocycles.